The van der Waals surface area contributed by atoms with Crippen LogP contribution in [-0.2, 0) is 13.1 Å². The number of carbonyl (C=O) groups is 1. The monoisotopic (exact) mass is 398 g/mol. The lowest BCUT2D eigenvalue weighted by atomic mass is 10.1. The van der Waals surface area contributed by atoms with E-state index < -0.39 is 0 Å². The minimum atomic E-state index is 0.139. The Bertz CT molecular complexity index is 796. The van der Waals surface area contributed by atoms with Gasteiger partial charge in [-0.05, 0) is 54.7 Å². The van der Waals surface area contributed by atoms with Crippen LogP contribution < -0.4 is 10.6 Å². The maximum absolute atomic E-state index is 12.5. The highest BCUT2D eigenvalue weighted by molar-refractivity contribution is 6.30. The first-order valence-electron chi connectivity index (χ1n) is 9.73. The summed E-state index contributed by atoms with van der Waals surface area (Å²) in [4.78, 5) is 18.7. The maximum atomic E-state index is 12.5. The zero-order chi connectivity index (χ0) is 19.8. The van der Waals surface area contributed by atoms with Crippen LogP contribution in [0.2, 0.25) is 5.02 Å². The molecule has 1 aliphatic rings. The highest BCUT2D eigenvalue weighted by atomic mass is 35.5. The summed E-state index contributed by atoms with van der Waals surface area (Å²) >= 11 is 5.91. The number of nitrogens with one attached hydrogen (secondary N) is 2. The molecule has 2 aromatic rings. The van der Waals surface area contributed by atoms with Gasteiger partial charge in [0.2, 0.25) is 0 Å². The summed E-state index contributed by atoms with van der Waals surface area (Å²) in [5.74, 6) is 0.864. The first kappa shape index (κ1) is 20.2. The third kappa shape index (κ3) is 5.73. The SMILES string of the molecule is CN=C(NCc1ccc(Cl)cc1)NCc1ccc(C(=O)N2CCCCC2)cc1. The van der Waals surface area contributed by atoms with Crippen molar-refractivity contribution in [2.45, 2.75) is 32.4 Å². The quantitative estimate of drug-likeness (QED) is 0.594. The fourth-order valence-electron chi connectivity index (χ4n) is 3.24. The van der Waals surface area contributed by atoms with E-state index in [4.69, 9.17) is 11.6 Å². The summed E-state index contributed by atoms with van der Waals surface area (Å²) in [6.07, 6.45) is 3.44. The third-order valence-corrected chi connectivity index (χ3v) is 5.15. The number of carbonyl (C=O) groups excluding carboxylic acids is 1. The molecular weight excluding hydrogens is 372 g/mol. The average Bonchev–Trinajstić information content (AvgIpc) is 2.75. The van der Waals surface area contributed by atoms with Gasteiger partial charge in [0.25, 0.3) is 5.91 Å². The predicted octanol–water partition coefficient (Wildman–Crippen LogP) is 3.83. The Morgan fingerprint density at radius 1 is 0.929 bits per heavy atom. The van der Waals surface area contributed by atoms with E-state index in [1.54, 1.807) is 7.05 Å². The summed E-state index contributed by atoms with van der Waals surface area (Å²) in [7, 11) is 1.75. The Kier molecular flexibility index (Phi) is 7.31. The minimum absolute atomic E-state index is 0.139. The molecule has 0 spiro atoms. The van der Waals surface area contributed by atoms with Crippen molar-refractivity contribution in [1.29, 1.82) is 0 Å². The van der Waals surface area contributed by atoms with Crippen molar-refractivity contribution in [2.75, 3.05) is 20.1 Å². The number of piperidine rings is 1. The van der Waals surface area contributed by atoms with Gasteiger partial charge in [-0.1, -0.05) is 35.9 Å². The smallest absolute Gasteiger partial charge is 0.253 e. The van der Waals surface area contributed by atoms with E-state index in [-0.39, 0.29) is 5.91 Å². The molecule has 2 aromatic carbocycles. The molecule has 1 amide bonds. The fraction of sp³-hybridized carbons (Fsp3) is 0.364. The van der Waals surface area contributed by atoms with Crippen LogP contribution in [0.4, 0.5) is 0 Å². The van der Waals surface area contributed by atoms with E-state index in [1.807, 2.05) is 53.4 Å². The second-order valence-electron chi connectivity index (χ2n) is 6.96. The molecule has 1 saturated heterocycles. The maximum Gasteiger partial charge on any atom is 0.253 e. The molecule has 0 aliphatic carbocycles. The zero-order valence-corrected chi connectivity index (χ0v) is 17.0. The van der Waals surface area contributed by atoms with Crippen LogP contribution in [0, 0.1) is 0 Å². The van der Waals surface area contributed by atoms with Gasteiger partial charge in [0.05, 0.1) is 0 Å². The lowest BCUT2D eigenvalue weighted by molar-refractivity contribution is 0.0724. The van der Waals surface area contributed by atoms with Gasteiger partial charge in [-0.25, -0.2) is 0 Å². The summed E-state index contributed by atoms with van der Waals surface area (Å²) in [6.45, 7) is 3.05. The van der Waals surface area contributed by atoms with Crippen LogP contribution in [0.5, 0.6) is 0 Å². The van der Waals surface area contributed by atoms with Gasteiger partial charge in [0, 0.05) is 43.8 Å². The van der Waals surface area contributed by atoms with Crippen LogP contribution in [0.1, 0.15) is 40.7 Å². The lowest BCUT2D eigenvalue weighted by Gasteiger charge is -2.26. The van der Waals surface area contributed by atoms with Crippen LogP contribution in [0.25, 0.3) is 0 Å². The number of guanidine groups is 1. The third-order valence-electron chi connectivity index (χ3n) is 4.90. The Morgan fingerprint density at radius 3 is 2.00 bits per heavy atom. The highest BCUT2D eigenvalue weighted by Crippen LogP contribution is 2.14. The number of benzene rings is 2. The molecule has 3 rings (SSSR count). The van der Waals surface area contributed by atoms with E-state index in [0.717, 1.165) is 53.6 Å². The molecule has 0 saturated carbocycles. The van der Waals surface area contributed by atoms with Gasteiger partial charge in [-0.2, -0.15) is 0 Å². The number of nitrogens with zero attached hydrogens (tertiary/aromatic N) is 2. The Morgan fingerprint density at radius 2 is 1.46 bits per heavy atom. The van der Waals surface area contributed by atoms with Crippen molar-refractivity contribution in [3.8, 4) is 0 Å². The molecule has 0 radical (unpaired) electrons. The first-order chi connectivity index (χ1) is 13.7. The molecule has 5 nitrogen and oxygen atoms in total. The highest BCUT2D eigenvalue weighted by Gasteiger charge is 2.17. The fourth-order valence-corrected chi connectivity index (χ4v) is 3.37. The minimum Gasteiger partial charge on any atom is -0.352 e. The zero-order valence-electron chi connectivity index (χ0n) is 16.2. The van der Waals surface area contributed by atoms with Crippen molar-refractivity contribution in [2.24, 2.45) is 4.99 Å². The average molecular weight is 399 g/mol. The van der Waals surface area contributed by atoms with Crippen LogP contribution in [0.15, 0.2) is 53.5 Å². The second-order valence-corrected chi connectivity index (χ2v) is 7.39. The lowest BCUT2D eigenvalue weighted by Crippen LogP contribution is -2.36. The molecular formula is C22H27ClN4O. The van der Waals surface area contributed by atoms with E-state index in [0.29, 0.717) is 13.1 Å². The van der Waals surface area contributed by atoms with Crippen molar-refractivity contribution < 1.29 is 4.79 Å². The number of hydrogen-bond acceptors (Lipinski definition) is 2. The predicted molar refractivity (Wildman–Crippen MR) is 115 cm³/mol. The molecule has 2 N–H and O–H groups in total. The van der Waals surface area contributed by atoms with Crippen LogP contribution >= 0.6 is 11.6 Å². The van der Waals surface area contributed by atoms with Gasteiger partial charge in [0.15, 0.2) is 5.96 Å². The number of halogens is 1. The van der Waals surface area contributed by atoms with Gasteiger partial charge in [-0.15, -0.1) is 0 Å². The van der Waals surface area contributed by atoms with Crippen molar-refractivity contribution >= 4 is 23.5 Å². The summed E-state index contributed by atoms with van der Waals surface area (Å²) in [6, 6.07) is 15.5. The summed E-state index contributed by atoms with van der Waals surface area (Å²) < 4.78 is 0. The standard InChI is InChI=1S/C22H27ClN4O/c1-24-22(26-16-18-7-11-20(23)12-8-18)25-15-17-5-9-19(10-6-17)21(28)27-13-3-2-4-14-27/h5-12H,2-4,13-16H2,1H3,(H2,24,25,26). The Balaban J connectivity index is 1.49. The van der Waals surface area contributed by atoms with E-state index >= 15 is 0 Å². The molecule has 1 fully saturated rings. The Hall–Kier alpha value is -2.53. The number of likely N-dealkylation sites (tertiary alicyclic amines) is 1. The van der Waals surface area contributed by atoms with Crippen molar-refractivity contribution in [3.63, 3.8) is 0 Å². The van der Waals surface area contributed by atoms with Gasteiger partial charge < -0.3 is 15.5 Å². The van der Waals surface area contributed by atoms with Gasteiger partial charge in [-0.3, -0.25) is 9.79 Å². The molecule has 6 heteroatoms. The van der Waals surface area contributed by atoms with Crippen molar-refractivity contribution in [1.82, 2.24) is 15.5 Å². The number of aliphatic imine (C=N–C) groups is 1. The second kappa shape index (κ2) is 10.1. The molecule has 1 aliphatic heterocycles. The number of rotatable bonds is 5. The molecule has 0 atom stereocenters. The molecule has 0 aromatic heterocycles. The van der Waals surface area contributed by atoms with E-state index in [9.17, 15) is 4.79 Å². The first-order valence-corrected chi connectivity index (χ1v) is 10.1. The molecule has 148 valence electrons. The molecule has 0 bridgehead atoms. The van der Waals surface area contributed by atoms with Crippen LogP contribution in [-0.4, -0.2) is 36.9 Å². The van der Waals surface area contributed by atoms with Gasteiger partial charge >= 0.3 is 0 Å². The topological polar surface area (TPSA) is 56.7 Å². The van der Waals surface area contributed by atoms with Crippen molar-refractivity contribution in [3.05, 3.63) is 70.2 Å². The van der Waals surface area contributed by atoms with Crippen LogP contribution in [0.3, 0.4) is 0 Å². The molecule has 1 heterocycles. The van der Waals surface area contributed by atoms with E-state index in [2.05, 4.69) is 15.6 Å². The summed E-state index contributed by atoms with van der Waals surface area (Å²) in [5, 5.41) is 7.31. The molecule has 0 unspecified atom stereocenters. The normalized spacial score (nSPS) is 14.6. The number of hydrogen-bond donors (Lipinski definition) is 2. The molecule has 28 heavy (non-hydrogen) atoms. The number of amides is 1. The Labute approximate surface area is 171 Å². The van der Waals surface area contributed by atoms with E-state index in [1.165, 1.54) is 6.42 Å². The summed E-state index contributed by atoms with van der Waals surface area (Å²) in [5.41, 5.74) is 2.99. The van der Waals surface area contributed by atoms with Gasteiger partial charge in [0.1, 0.15) is 0 Å². The largest absolute Gasteiger partial charge is 0.352 e.